The number of urea groups is 1. The normalized spacial score (nSPS) is 20.6. The zero-order valence-corrected chi connectivity index (χ0v) is 21.2. The van der Waals surface area contributed by atoms with E-state index in [1.165, 1.54) is 31.0 Å². The van der Waals surface area contributed by atoms with Crippen LogP contribution >= 0.6 is 12.2 Å². The van der Waals surface area contributed by atoms with Crippen molar-refractivity contribution < 1.29 is 19.5 Å². The average molecular weight is 523 g/mol. The molecule has 1 atom stereocenters. The first-order valence-electron chi connectivity index (χ1n) is 11.8. The van der Waals surface area contributed by atoms with Crippen molar-refractivity contribution in [2.24, 2.45) is 10.4 Å². The van der Waals surface area contributed by atoms with Gasteiger partial charge in [-0.05, 0) is 55.2 Å². The Morgan fingerprint density at radius 1 is 1.22 bits per heavy atom. The maximum atomic E-state index is 13.5. The average Bonchev–Trinajstić information content (AvgIpc) is 3.38. The SMILES string of the molecule is C=CCn1c(O)c(C=Nc2ccc3c(c2)CC2(C(=O)N(C)C(=O)N(C)C2=O)C2CCCN32)c(=O)[nH]c1=S. The number of hydrogen-bond donors (Lipinski definition) is 2. The summed E-state index contributed by atoms with van der Waals surface area (Å²) < 4.78 is 1.39. The summed E-state index contributed by atoms with van der Waals surface area (Å²) in [6.45, 7) is 4.51. The molecule has 11 nitrogen and oxygen atoms in total. The fourth-order valence-electron chi connectivity index (χ4n) is 5.71. The van der Waals surface area contributed by atoms with Gasteiger partial charge in [0.25, 0.3) is 5.56 Å². The number of aromatic nitrogens is 2. The van der Waals surface area contributed by atoms with Crippen molar-refractivity contribution in [1.29, 1.82) is 0 Å². The highest BCUT2D eigenvalue weighted by Gasteiger charge is 2.63. The van der Waals surface area contributed by atoms with Crippen LogP contribution in [0, 0.1) is 10.2 Å². The van der Waals surface area contributed by atoms with Crippen molar-refractivity contribution >= 4 is 47.7 Å². The van der Waals surface area contributed by atoms with Crippen LogP contribution in [0.15, 0.2) is 40.6 Å². The number of nitrogens with one attached hydrogen (secondary N) is 1. The third-order valence-corrected chi connectivity index (χ3v) is 7.79. The predicted molar refractivity (Wildman–Crippen MR) is 139 cm³/mol. The van der Waals surface area contributed by atoms with Gasteiger partial charge in [0.05, 0.1) is 11.7 Å². The molecule has 0 aliphatic carbocycles. The first-order chi connectivity index (χ1) is 17.6. The maximum Gasteiger partial charge on any atom is 0.332 e. The van der Waals surface area contributed by atoms with Crippen LogP contribution in [0.25, 0.3) is 0 Å². The molecule has 3 aliphatic rings. The minimum atomic E-state index is -1.41. The number of nitrogens with zero attached hydrogens (tertiary/aromatic N) is 5. The summed E-state index contributed by atoms with van der Waals surface area (Å²) in [5.41, 5.74) is 0.0627. The molecule has 2 saturated heterocycles. The number of aliphatic imine (C=N–C) groups is 1. The summed E-state index contributed by atoms with van der Waals surface area (Å²) in [6.07, 6.45) is 4.40. The molecule has 1 aromatic heterocycles. The fourth-order valence-corrected chi connectivity index (χ4v) is 5.97. The fraction of sp³-hybridized carbons (Fsp3) is 0.360. The zero-order chi connectivity index (χ0) is 26.6. The molecule has 2 N–H and O–H groups in total. The Labute approximate surface area is 217 Å². The van der Waals surface area contributed by atoms with E-state index in [4.69, 9.17) is 12.2 Å². The summed E-state index contributed by atoms with van der Waals surface area (Å²) in [5.74, 6) is -1.32. The Bertz CT molecular complexity index is 1480. The monoisotopic (exact) mass is 522 g/mol. The van der Waals surface area contributed by atoms with Gasteiger partial charge in [-0.1, -0.05) is 6.08 Å². The summed E-state index contributed by atoms with van der Waals surface area (Å²) in [4.78, 5) is 63.0. The van der Waals surface area contributed by atoms with Gasteiger partial charge in [-0.25, -0.2) is 4.79 Å². The highest BCUT2D eigenvalue weighted by Crippen LogP contribution is 2.49. The summed E-state index contributed by atoms with van der Waals surface area (Å²) in [5, 5.41) is 10.6. The number of anilines is 1. The van der Waals surface area contributed by atoms with Crippen LogP contribution in [-0.4, -0.2) is 75.2 Å². The molecule has 0 radical (unpaired) electrons. The lowest BCUT2D eigenvalue weighted by molar-refractivity contribution is -0.159. The Hall–Kier alpha value is -4.06. The Kier molecular flexibility index (Phi) is 5.86. The lowest BCUT2D eigenvalue weighted by Crippen LogP contribution is -2.70. The topological polar surface area (TPSA) is 131 Å². The molecule has 1 aromatic carbocycles. The van der Waals surface area contributed by atoms with Gasteiger partial charge < -0.3 is 10.0 Å². The number of hydrogen-bond acceptors (Lipinski definition) is 8. The van der Waals surface area contributed by atoms with Crippen molar-refractivity contribution in [1.82, 2.24) is 19.4 Å². The highest BCUT2D eigenvalue weighted by atomic mass is 32.1. The highest BCUT2D eigenvalue weighted by molar-refractivity contribution is 7.71. The van der Waals surface area contributed by atoms with Crippen molar-refractivity contribution in [3.05, 3.63) is 57.1 Å². The number of aromatic hydroxyl groups is 1. The number of imide groups is 2. The van der Waals surface area contributed by atoms with Gasteiger partial charge in [0.2, 0.25) is 17.7 Å². The largest absolute Gasteiger partial charge is 0.494 e. The van der Waals surface area contributed by atoms with Crippen molar-refractivity contribution in [3.63, 3.8) is 0 Å². The lowest BCUT2D eigenvalue weighted by Gasteiger charge is -2.50. The van der Waals surface area contributed by atoms with E-state index in [2.05, 4.69) is 21.5 Å². The molecule has 2 aromatic rings. The number of amides is 4. The first kappa shape index (κ1) is 24.6. The molecule has 2 fully saturated rings. The molecule has 3 aliphatic heterocycles. The van der Waals surface area contributed by atoms with Gasteiger partial charge in [0.15, 0.2) is 10.2 Å². The van der Waals surface area contributed by atoms with E-state index >= 15 is 0 Å². The third-order valence-electron chi connectivity index (χ3n) is 7.47. The smallest absolute Gasteiger partial charge is 0.332 e. The molecule has 0 saturated carbocycles. The van der Waals surface area contributed by atoms with Crippen molar-refractivity contribution in [2.45, 2.75) is 31.8 Å². The minimum Gasteiger partial charge on any atom is -0.494 e. The van der Waals surface area contributed by atoms with Gasteiger partial charge in [0, 0.05) is 39.1 Å². The van der Waals surface area contributed by atoms with E-state index in [1.54, 1.807) is 12.1 Å². The molecule has 1 unspecified atom stereocenters. The van der Waals surface area contributed by atoms with Crippen LogP contribution in [-0.2, 0) is 22.6 Å². The van der Waals surface area contributed by atoms with Gasteiger partial charge >= 0.3 is 6.03 Å². The van der Waals surface area contributed by atoms with Crippen LogP contribution in [0.5, 0.6) is 5.88 Å². The van der Waals surface area contributed by atoms with E-state index in [0.717, 1.165) is 27.5 Å². The van der Waals surface area contributed by atoms with Gasteiger partial charge in [-0.3, -0.25) is 38.7 Å². The molecule has 4 heterocycles. The molecule has 12 heteroatoms. The molecule has 4 amide bonds. The van der Waals surface area contributed by atoms with E-state index < -0.39 is 28.8 Å². The Morgan fingerprint density at radius 2 is 1.92 bits per heavy atom. The van der Waals surface area contributed by atoms with Crippen LogP contribution < -0.4 is 10.5 Å². The second kappa shape index (κ2) is 8.80. The van der Waals surface area contributed by atoms with E-state index in [-0.39, 0.29) is 35.2 Å². The van der Waals surface area contributed by atoms with E-state index in [0.29, 0.717) is 18.7 Å². The molecule has 37 heavy (non-hydrogen) atoms. The van der Waals surface area contributed by atoms with Crippen LogP contribution in [0.4, 0.5) is 16.2 Å². The second-order valence-electron chi connectivity index (χ2n) is 9.48. The number of benzene rings is 1. The Morgan fingerprint density at radius 3 is 2.59 bits per heavy atom. The molecule has 192 valence electrons. The summed E-state index contributed by atoms with van der Waals surface area (Å²) in [6, 6.07) is 4.44. The molecule has 0 bridgehead atoms. The lowest BCUT2D eigenvalue weighted by atomic mass is 9.68. The number of carbonyl (C=O) groups is 3. The summed E-state index contributed by atoms with van der Waals surface area (Å²) in [7, 11) is 2.81. The molecular formula is C25H26N6O5S. The summed E-state index contributed by atoms with van der Waals surface area (Å²) >= 11 is 5.10. The predicted octanol–water partition coefficient (Wildman–Crippen LogP) is 2.11. The van der Waals surface area contributed by atoms with E-state index in [9.17, 15) is 24.3 Å². The number of allylic oxidation sites excluding steroid dienone is 1. The number of fused-ring (bicyclic) bond motifs is 4. The third kappa shape index (κ3) is 3.54. The maximum absolute atomic E-state index is 13.5. The number of H-pyrrole nitrogens is 1. The standard InChI is InChI=1S/C25H26N6O5S/c1-4-9-31-20(33)16(19(32)27-23(31)37)13-26-15-7-8-17-14(11-15)12-25(18-6-5-10-30(17)18)21(34)28(2)24(36)29(3)22(25)35/h4,7-8,11,13,18,33H,1,5-6,9-10,12H2,2-3H3,(H,27,32,37). The van der Waals surface area contributed by atoms with Crippen molar-refractivity contribution in [3.8, 4) is 5.88 Å². The number of barbiturate groups is 1. The van der Waals surface area contributed by atoms with Gasteiger partial charge in [-0.15, -0.1) is 6.58 Å². The van der Waals surface area contributed by atoms with Gasteiger partial charge in [0.1, 0.15) is 5.56 Å². The minimum absolute atomic E-state index is 0.0639. The molecule has 1 spiro atoms. The number of carbonyl (C=O) groups excluding carboxylic acids is 3. The second-order valence-corrected chi connectivity index (χ2v) is 9.86. The quantitative estimate of drug-likeness (QED) is 0.272. The molecular weight excluding hydrogens is 496 g/mol. The molecule has 5 rings (SSSR count). The zero-order valence-electron chi connectivity index (χ0n) is 20.4. The van der Waals surface area contributed by atoms with Crippen LogP contribution in [0.1, 0.15) is 24.0 Å². The van der Waals surface area contributed by atoms with Gasteiger partial charge in [-0.2, -0.15) is 0 Å². The first-order valence-corrected chi connectivity index (χ1v) is 12.2. The van der Waals surface area contributed by atoms with Crippen molar-refractivity contribution in [2.75, 3.05) is 25.5 Å². The van der Waals surface area contributed by atoms with Crippen LogP contribution in [0.3, 0.4) is 0 Å². The van der Waals surface area contributed by atoms with E-state index in [1.807, 2.05) is 6.07 Å². The van der Waals surface area contributed by atoms with Crippen LogP contribution in [0.2, 0.25) is 0 Å². The Balaban J connectivity index is 1.57. The number of aromatic amines is 1. The number of rotatable bonds is 4.